The molecule has 1 aliphatic heterocycles. The van der Waals surface area contributed by atoms with Crippen molar-refractivity contribution in [2.45, 2.75) is 19.8 Å². The average molecular weight is 302 g/mol. The molecule has 21 heavy (non-hydrogen) atoms. The topological polar surface area (TPSA) is 46.3 Å². The quantitative estimate of drug-likeness (QED) is 0.944. The van der Waals surface area contributed by atoms with Gasteiger partial charge in [0.15, 0.2) is 0 Å². The number of hydrogen-bond donors (Lipinski definition) is 1. The minimum atomic E-state index is 0.255. The second-order valence-electron chi connectivity index (χ2n) is 6.05. The molecule has 2 N–H and O–H groups in total. The number of carbonyl (C=O) groups is 1. The molecule has 0 spiro atoms. The van der Waals surface area contributed by atoms with Crippen molar-refractivity contribution < 1.29 is 4.79 Å². The Morgan fingerprint density at radius 2 is 2.19 bits per heavy atom. The molecule has 1 saturated heterocycles. The number of nitrogens with zero attached hydrogens (tertiary/aromatic N) is 1. The van der Waals surface area contributed by atoms with Crippen molar-refractivity contribution in [3.63, 3.8) is 0 Å². The van der Waals surface area contributed by atoms with Gasteiger partial charge in [-0.25, -0.2) is 0 Å². The summed E-state index contributed by atoms with van der Waals surface area (Å²) in [7, 11) is 0. The fraction of sp³-hybridized carbons (Fsp3) is 0.471. The highest BCUT2D eigenvalue weighted by Crippen LogP contribution is 2.29. The largest absolute Gasteiger partial charge is 0.342 e. The van der Waals surface area contributed by atoms with Crippen molar-refractivity contribution in [1.29, 1.82) is 0 Å². The van der Waals surface area contributed by atoms with Crippen molar-refractivity contribution >= 4 is 27.3 Å². The van der Waals surface area contributed by atoms with Crippen LogP contribution in [0.2, 0.25) is 0 Å². The van der Waals surface area contributed by atoms with E-state index in [0.717, 1.165) is 25.1 Å². The molecule has 1 amide bonds. The fourth-order valence-corrected chi connectivity index (χ4v) is 4.23. The maximum atomic E-state index is 12.6. The predicted molar refractivity (Wildman–Crippen MR) is 88.4 cm³/mol. The molecule has 112 valence electrons. The summed E-state index contributed by atoms with van der Waals surface area (Å²) in [6.45, 7) is 4.70. The van der Waals surface area contributed by atoms with Gasteiger partial charge in [-0.05, 0) is 47.2 Å². The Bertz CT molecular complexity index is 637. The van der Waals surface area contributed by atoms with Gasteiger partial charge in [0, 0.05) is 17.8 Å². The summed E-state index contributed by atoms with van der Waals surface area (Å²) in [6, 6.07) is 8.31. The number of rotatable bonds is 4. The average Bonchev–Trinajstić information content (AvgIpc) is 3.05. The van der Waals surface area contributed by atoms with E-state index in [2.05, 4.69) is 24.4 Å². The van der Waals surface area contributed by atoms with Gasteiger partial charge in [0.1, 0.15) is 0 Å². The summed E-state index contributed by atoms with van der Waals surface area (Å²) in [4.78, 5) is 14.6. The highest BCUT2D eigenvalue weighted by molar-refractivity contribution is 7.17. The molecule has 0 bridgehead atoms. The van der Waals surface area contributed by atoms with Crippen LogP contribution in [0.5, 0.6) is 0 Å². The lowest BCUT2D eigenvalue weighted by Gasteiger charge is -2.16. The maximum Gasteiger partial charge on any atom is 0.227 e. The van der Waals surface area contributed by atoms with E-state index in [4.69, 9.17) is 5.73 Å². The van der Waals surface area contributed by atoms with Crippen LogP contribution in [0.4, 0.5) is 0 Å². The number of likely N-dealkylation sites (tertiary alicyclic amines) is 1. The number of carbonyl (C=O) groups excluding carboxylic acids is 1. The first kappa shape index (κ1) is 14.5. The van der Waals surface area contributed by atoms with Crippen LogP contribution >= 0.6 is 11.3 Å². The molecular formula is C17H22N2OS. The van der Waals surface area contributed by atoms with Crippen LogP contribution in [0.3, 0.4) is 0 Å². The Balaban J connectivity index is 1.69. The smallest absolute Gasteiger partial charge is 0.227 e. The minimum Gasteiger partial charge on any atom is -0.342 e. The third-order valence-electron chi connectivity index (χ3n) is 4.56. The van der Waals surface area contributed by atoms with E-state index >= 15 is 0 Å². The van der Waals surface area contributed by atoms with E-state index in [1.807, 2.05) is 17.0 Å². The summed E-state index contributed by atoms with van der Waals surface area (Å²) < 4.78 is 1.26. The maximum absolute atomic E-state index is 12.6. The van der Waals surface area contributed by atoms with E-state index in [9.17, 15) is 4.79 Å². The summed E-state index contributed by atoms with van der Waals surface area (Å²) in [5.41, 5.74) is 6.82. The molecule has 2 aromatic rings. The Morgan fingerprint density at radius 1 is 1.38 bits per heavy atom. The van der Waals surface area contributed by atoms with Crippen LogP contribution in [0, 0.1) is 11.8 Å². The molecular weight excluding hydrogens is 280 g/mol. The molecule has 2 heterocycles. The van der Waals surface area contributed by atoms with Gasteiger partial charge in [-0.2, -0.15) is 0 Å². The van der Waals surface area contributed by atoms with Crippen LogP contribution in [-0.4, -0.2) is 30.4 Å². The van der Waals surface area contributed by atoms with E-state index in [-0.39, 0.29) is 5.91 Å². The third kappa shape index (κ3) is 2.97. The van der Waals surface area contributed by atoms with Gasteiger partial charge in [-0.1, -0.05) is 25.1 Å². The Morgan fingerprint density at radius 3 is 3.00 bits per heavy atom. The van der Waals surface area contributed by atoms with Gasteiger partial charge in [0.05, 0.1) is 6.42 Å². The number of nitrogens with two attached hydrogens (primary N) is 1. The lowest BCUT2D eigenvalue weighted by atomic mass is 9.95. The lowest BCUT2D eigenvalue weighted by Crippen LogP contribution is -2.30. The van der Waals surface area contributed by atoms with Crippen LogP contribution in [0.1, 0.15) is 18.9 Å². The SMILES string of the molecule is CC1CN(C(=O)Cc2csc3ccccc23)CC1CCN. The molecule has 1 aromatic heterocycles. The normalized spacial score (nSPS) is 22.1. The standard InChI is InChI=1S/C17H22N2OS/c1-12-9-19(10-13(12)6-7-18)17(20)8-14-11-21-16-5-3-2-4-15(14)16/h2-5,11-13H,6-10,18H2,1H3. The number of hydrogen-bond acceptors (Lipinski definition) is 3. The number of thiophene rings is 1. The van der Waals surface area contributed by atoms with E-state index in [1.54, 1.807) is 11.3 Å². The van der Waals surface area contributed by atoms with E-state index in [1.165, 1.54) is 10.1 Å². The first-order chi connectivity index (χ1) is 10.2. The van der Waals surface area contributed by atoms with Crippen molar-refractivity contribution in [2.75, 3.05) is 19.6 Å². The summed E-state index contributed by atoms with van der Waals surface area (Å²) in [5, 5.41) is 3.35. The second-order valence-corrected chi connectivity index (χ2v) is 6.96. The first-order valence-electron chi connectivity index (χ1n) is 7.62. The molecule has 1 fully saturated rings. The molecule has 0 aliphatic carbocycles. The molecule has 3 rings (SSSR count). The Labute approximate surface area is 129 Å². The third-order valence-corrected chi connectivity index (χ3v) is 5.57. The van der Waals surface area contributed by atoms with Crippen LogP contribution in [-0.2, 0) is 11.2 Å². The van der Waals surface area contributed by atoms with Gasteiger partial charge in [-0.15, -0.1) is 11.3 Å². The van der Waals surface area contributed by atoms with E-state index < -0.39 is 0 Å². The molecule has 1 aliphatic rings. The van der Waals surface area contributed by atoms with Gasteiger partial charge >= 0.3 is 0 Å². The molecule has 3 nitrogen and oxygen atoms in total. The van der Waals surface area contributed by atoms with E-state index in [0.29, 0.717) is 24.8 Å². The highest BCUT2D eigenvalue weighted by atomic mass is 32.1. The van der Waals surface area contributed by atoms with Crippen molar-refractivity contribution in [3.05, 3.63) is 35.2 Å². The molecule has 2 atom stereocenters. The predicted octanol–water partition coefficient (Wildman–Crippen LogP) is 2.89. The van der Waals surface area contributed by atoms with Crippen molar-refractivity contribution in [3.8, 4) is 0 Å². The minimum absolute atomic E-state index is 0.255. The zero-order valence-corrected chi connectivity index (χ0v) is 13.2. The summed E-state index contributed by atoms with van der Waals surface area (Å²) in [6.07, 6.45) is 1.54. The zero-order chi connectivity index (χ0) is 14.8. The summed E-state index contributed by atoms with van der Waals surface area (Å²) >= 11 is 1.72. The number of benzene rings is 1. The van der Waals surface area contributed by atoms with Gasteiger partial charge in [0.25, 0.3) is 0 Å². The lowest BCUT2D eigenvalue weighted by molar-refractivity contribution is -0.129. The van der Waals surface area contributed by atoms with Crippen molar-refractivity contribution in [2.24, 2.45) is 17.6 Å². The Hall–Kier alpha value is -1.39. The summed E-state index contributed by atoms with van der Waals surface area (Å²) in [5.74, 6) is 1.39. The van der Waals surface area contributed by atoms with Gasteiger partial charge in [0.2, 0.25) is 5.91 Å². The fourth-order valence-electron chi connectivity index (χ4n) is 3.27. The molecule has 4 heteroatoms. The highest BCUT2D eigenvalue weighted by Gasteiger charge is 2.31. The van der Waals surface area contributed by atoms with Crippen LogP contribution in [0.15, 0.2) is 29.6 Å². The molecule has 0 saturated carbocycles. The van der Waals surface area contributed by atoms with Gasteiger partial charge in [-0.3, -0.25) is 4.79 Å². The number of fused-ring (bicyclic) bond motifs is 1. The van der Waals surface area contributed by atoms with Crippen LogP contribution < -0.4 is 5.73 Å². The Kier molecular flexibility index (Phi) is 4.27. The second kappa shape index (κ2) is 6.16. The van der Waals surface area contributed by atoms with Gasteiger partial charge < -0.3 is 10.6 Å². The zero-order valence-electron chi connectivity index (χ0n) is 12.4. The first-order valence-corrected chi connectivity index (χ1v) is 8.50. The van der Waals surface area contributed by atoms with Crippen molar-refractivity contribution in [1.82, 2.24) is 4.90 Å². The molecule has 0 radical (unpaired) electrons. The monoisotopic (exact) mass is 302 g/mol. The van der Waals surface area contributed by atoms with Crippen LogP contribution in [0.25, 0.3) is 10.1 Å². The molecule has 2 unspecified atom stereocenters. The molecule has 1 aromatic carbocycles. The number of amides is 1.